The van der Waals surface area contributed by atoms with E-state index in [0.29, 0.717) is 16.1 Å². The molecule has 0 atom stereocenters. The lowest BCUT2D eigenvalue weighted by molar-refractivity contribution is 0.484. The fraction of sp³-hybridized carbons (Fsp3) is 0. The zero-order valence-corrected chi connectivity index (χ0v) is 12.1. The van der Waals surface area contributed by atoms with Gasteiger partial charge in [0.15, 0.2) is 0 Å². The predicted molar refractivity (Wildman–Crippen MR) is 87.8 cm³/mol. The van der Waals surface area contributed by atoms with Crippen molar-refractivity contribution in [1.29, 1.82) is 0 Å². The van der Waals surface area contributed by atoms with Crippen LogP contribution in [0.3, 0.4) is 0 Å². The fourth-order valence-electron chi connectivity index (χ4n) is 1.83. The summed E-state index contributed by atoms with van der Waals surface area (Å²) in [6.45, 7) is 0. The molecule has 7 heteroatoms. The normalized spacial score (nSPS) is 10.6. The van der Waals surface area contributed by atoms with Crippen LogP contribution in [-0.2, 0) is 0 Å². The Hall–Kier alpha value is -0.730. The Morgan fingerprint density at radius 3 is 2.11 bits per heavy atom. The minimum atomic E-state index is -0.280. The van der Waals surface area contributed by atoms with Gasteiger partial charge in [-0.1, -0.05) is 38.5 Å². The number of aromatic hydroxyl groups is 1. The lowest BCUT2D eigenvalue weighted by Crippen LogP contribution is -2.44. The summed E-state index contributed by atoms with van der Waals surface area (Å²) in [7, 11) is 23.2. The average Bonchev–Trinajstić information content (AvgIpc) is 2.33. The number of rotatable bonds is 1. The highest BCUT2D eigenvalue weighted by Crippen LogP contribution is 2.26. The second-order valence-corrected chi connectivity index (χ2v) is 5.39. The molecule has 0 aromatic heterocycles. The van der Waals surface area contributed by atoms with Crippen LogP contribution in [0.15, 0.2) is 22.7 Å². The number of hydrogen-bond acceptors (Lipinski definition) is 1. The van der Waals surface area contributed by atoms with Gasteiger partial charge in [0.2, 0.25) is 0 Å². The maximum Gasteiger partial charge on any atom is 0.119 e. The third kappa shape index (κ3) is 2.61. The van der Waals surface area contributed by atoms with E-state index in [9.17, 15) is 5.11 Å². The van der Waals surface area contributed by atoms with Crippen molar-refractivity contribution in [2.45, 2.75) is 0 Å². The van der Waals surface area contributed by atoms with Gasteiger partial charge in [0.1, 0.15) is 37.1 Å². The molecule has 0 saturated heterocycles. The van der Waals surface area contributed by atoms with Gasteiger partial charge in [-0.05, 0) is 34.8 Å². The van der Waals surface area contributed by atoms with E-state index in [1.807, 2.05) is 0 Å². The Kier molecular flexibility index (Phi) is 4.12. The van der Waals surface area contributed by atoms with Crippen molar-refractivity contribution in [3.63, 3.8) is 0 Å². The molecule has 2 rings (SSSR count). The van der Waals surface area contributed by atoms with Gasteiger partial charge in [-0.15, -0.1) is 5.46 Å². The summed E-state index contributed by atoms with van der Waals surface area (Å²) in [5.74, 6) is -0.280. The van der Waals surface area contributed by atoms with E-state index < -0.39 is 0 Å². The molecule has 0 saturated carbocycles. The van der Waals surface area contributed by atoms with Crippen LogP contribution in [0.4, 0.5) is 0 Å². The molecular weight excluding hydrogens is 319 g/mol. The summed E-state index contributed by atoms with van der Waals surface area (Å²) in [5, 5.41) is 10.4. The Bertz CT molecular complexity index is 626. The van der Waals surface area contributed by atoms with Crippen molar-refractivity contribution >= 4 is 80.8 Å². The lowest BCUT2D eigenvalue weighted by atomic mass is 9.65. The first-order valence-electron chi connectivity index (χ1n) is 5.24. The molecule has 84 valence electrons. The van der Waals surface area contributed by atoms with Gasteiger partial charge in [0.25, 0.3) is 0 Å². The molecule has 1 N–H and O–H groups in total. The number of hydrogen-bond donors (Lipinski definition) is 1. The molecule has 0 spiro atoms. The molecule has 0 aliphatic heterocycles. The van der Waals surface area contributed by atoms with Crippen LogP contribution in [0.25, 0.3) is 11.1 Å². The molecule has 1 nitrogen and oxygen atoms in total. The highest BCUT2D eigenvalue weighted by atomic mass is 79.9. The average molecular weight is 323 g/mol. The van der Waals surface area contributed by atoms with Crippen LogP contribution in [0.5, 0.6) is 5.75 Å². The van der Waals surface area contributed by atoms with E-state index in [1.54, 1.807) is 18.2 Å². The molecular formula is C12H4B4BrClO. The SMILES string of the molecule is [B]c1c([B])c(O)c([B])c(-c2cc(Cl)cc(Br)c2)c1[B]. The molecule has 0 unspecified atom stereocenters. The van der Waals surface area contributed by atoms with Gasteiger partial charge in [-0.25, -0.2) is 0 Å². The molecule has 19 heavy (non-hydrogen) atoms. The van der Waals surface area contributed by atoms with E-state index in [1.165, 1.54) is 0 Å². The second kappa shape index (κ2) is 5.34. The van der Waals surface area contributed by atoms with Crippen LogP contribution in [0.1, 0.15) is 0 Å². The Balaban J connectivity index is 2.82. The third-order valence-electron chi connectivity index (χ3n) is 2.78. The van der Waals surface area contributed by atoms with Crippen LogP contribution in [0.2, 0.25) is 5.02 Å². The Morgan fingerprint density at radius 1 is 0.895 bits per heavy atom. The maximum atomic E-state index is 9.86. The first kappa shape index (κ1) is 14.7. The van der Waals surface area contributed by atoms with Crippen molar-refractivity contribution in [3.8, 4) is 16.9 Å². The van der Waals surface area contributed by atoms with Gasteiger partial charge in [-0.3, -0.25) is 0 Å². The standard InChI is InChI=1S/C12H4B4BrClO/c13-8-7(4-1-5(17)3-6(18)2-4)9(14)12(19)11(16)10(8)15/h1-3,19H. The van der Waals surface area contributed by atoms with Crippen LogP contribution in [0, 0.1) is 0 Å². The number of phenols is 1. The summed E-state index contributed by atoms with van der Waals surface area (Å²) < 4.78 is 0.753. The van der Waals surface area contributed by atoms with Gasteiger partial charge >= 0.3 is 0 Å². The van der Waals surface area contributed by atoms with E-state index >= 15 is 0 Å². The van der Waals surface area contributed by atoms with Gasteiger partial charge < -0.3 is 5.11 Å². The summed E-state index contributed by atoms with van der Waals surface area (Å²) in [4.78, 5) is 0. The van der Waals surface area contributed by atoms with Gasteiger partial charge in [0.05, 0.1) is 0 Å². The number of phenolic OH excluding ortho intramolecular Hbond substituents is 1. The highest BCUT2D eigenvalue weighted by molar-refractivity contribution is 9.10. The van der Waals surface area contributed by atoms with Crippen molar-refractivity contribution in [2.24, 2.45) is 0 Å². The Labute approximate surface area is 130 Å². The third-order valence-corrected chi connectivity index (χ3v) is 3.46. The predicted octanol–water partition coefficient (Wildman–Crippen LogP) is -0.350. The monoisotopic (exact) mass is 322 g/mol. The molecule has 0 heterocycles. The van der Waals surface area contributed by atoms with Crippen molar-refractivity contribution in [2.75, 3.05) is 0 Å². The topological polar surface area (TPSA) is 20.2 Å². The number of halogens is 2. The lowest BCUT2D eigenvalue weighted by Gasteiger charge is -2.19. The van der Waals surface area contributed by atoms with E-state index in [4.69, 9.17) is 43.0 Å². The fourth-order valence-corrected chi connectivity index (χ4v) is 2.69. The largest absolute Gasteiger partial charge is 0.509 e. The minimum absolute atomic E-state index is 0.0279. The van der Waals surface area contributed by atoms with Crippen molar-refractivity contribution in [1.82, 2.24) is 0 Å². The molecule has 2 aromatic carbocycles. The van der Waals surface area contributed by atoms with Crippen LogP contribution in [-0.4, -0.2) is 36.5 Å². The first-order valence-corrected chi connectivity index (χ1v) is 6.41. The molecule has 8 radical (unpaired) electrons. The summed E-state index contributed by atoms with van der Waals surface area (Å²) in [5.41, 5.74) is 1.39. The number of benzene rings is 2. The van der Waals surface area contributed by atoms with E-state index in [0.717, 1.165) is 4.47 Å². The van der Waals surface area contributed by atoms with Crippen molar-refractivity contribution < 1.29 is 5.11 Å². The van der Waals surface area contributed by atoms with Crippen LogP contribution >= 0.6 is 27.5 Å². The van der Waals surface area contributed by atoms with Crippen molar-refractivity contribution in [3.05, 3.63) is 27.7 Å². The van der Waals surface area contributed by atoms with E-state index in [-0.39, 0.29) is 27.6 Å². The molecule has 0 aliphatic rings. The molecule has 0 amide bonds. The molecule has 0 fully saturated rings. The van der Waals surface area contributed by atoms with E-state index in [2.05, 4.69) is 15.9 Å². The van der Waals surface area contributed by atoms with Crippen LogP contribution < -0.4 is 21.9 Å². The molecule has 2 aromatic rings. The quantitative estimate of drug-likeness (QED) is 0.712. The summed E-state index contributed by atoms with van der Waals surface area (Å²) >= 11 is 9.31. The molecule has 0 aliphatic carbocycles. The summed E-state index contributed by atoms with van der Waals surface area (Å²) in [6.07, 6.45) is 0. The smallest absolute Gasteiger partial charge is 0.119 e. The van der Waals surface area contributed by atoms with Gasteiger partial charge in [0, 0.05) is 9.50 Å². The zero-order chi connectivity index (χ0) is 14.3. The minimum Gasteiger partial charge on any atom is -0.509 e. The zero-order valence-electron chi connectivity index (χ0n) is 9.74. The first-order chi connectivity index (χ1) is 8.82. The van der Waals surface area contributed by atoms with Gasteiger partial charge in [-0.2, -0.15) is 0 Å². The maximum absolute atomic E-state index is 9.86. The highest BCUT2D eigenvalue weighted by Gasteiger charge is 2.14. The molecule has 0 bridgehead atoms. The Morgan fingerprint density at radius 2 is 1.53 bits per heavy atom. The second-order valence-electron chi connectivity index (χ2n) is 4.04. The summed E-state index contributed by atoms with van der Waals surface area (Å²) in [6, 6.07) is 5.16.